The van der Waals surface area contributed by atoms with Gasteiger partial charge in [0.1, 0.15) is 6.61 Å². The van der Waals surface area contributed by atoms with Gasteiger partial charge in [0, 0.05) is 5.02 Å². The van der Waals surface area contributed by atoms with E-state index in [9.17, 15) is 5.26 Å². The Bertz CT molecular complexity index is 1050. The zero-order chi connectivity index (χ0) is 20.6. The largest absolute Gasteiger partial charge is 0.490 e. The smallest absolute Gasteiger partial charge is 0.161 e. The van der Waals surface area contributed by atoms with Crippen LogP contribution in [0.15, 0.2) is 66.7 Å². The number of aryl methyl sites for hydroxylation is 1. The van der Waals surface area contributed by atoms with Gasteiger partial charge in [0.2, 0.25) is 0 Å². The third kappa shape index (κ3) is 5.63. The third-order valence-electron chi connectivity index (χ3n) is 4.35. The molecule has 4 heteroatoms. The average Bonchev–Trinajstić information content (AvgIpc) is 2.72. The molecule has 29 heavy (non-hydrogen) atoms. The Hall–Kier alpha value is -3.22. The van der Waals surface area contributed by atoms with E-state index >= 15 is 0 Å². The summed E-state index contributed by atoms with van der Waals surface area (Å²) >= 11 is 6.04. The van der Waals surface area contributed by atoms with Crippen LogP contribution in [0.5, 0.6) is 11.5 Å². The highest BCUT2D eigenvalue weighted by atomic mass is 35.5. The summed E-state index contributed by atoms with van der Waals surface area (Å²) in [5.74, 6) is 1.29. The van der Waals surface area contributed by atoms with Gasteiger partial charge in [-0.3, -0.25) is 0 Å². The molecule has 0 atom stereocenters. The topological polar surface area (TPSA) is 42.2 Å². The number of allylic oxidation sites excluding steroid dienone is 1. The minimum absolute atomic E-state index is 0.392. The van der Waals surface area contributed by atoms with Crippen molar-refractivity contribution in [2.75, 3.05) is 6.61 Å². The van der Waals surface area contributed by atoms with Crippen LogP contribution < -0.4 is 9.47 Å². The van der Waals surface area contributed by atoms with Gasteiger partial charge in [0.15, 0.2) is 11.5 Å². The predicted octanol–water partition coefficient (Wildman–Crippen LogP) is 6.69. The molecule has 3 rings (SSSR count). The maximum Gasteiger partial charge on any atom is 0.161 e. The van der Waals surface area contributed by atoms with Gasteiger partial charge >= 0.3 is 0 Å². The molecule has 0 heterocycles. The molecule has 0 fully saturated rings. The second-order valence-electron chi connectivity index (χ2n) is 6.59. The lowest BCUT2D eigenvalue weighted by molar-refractivity contribution is 0.269. The van der Waals surface area contributed by atoms with Crippen molar-refractivity contribution in [2.24, 2.45) is 0 Å². The van der Waals surface area contributed by atoms with Gasteiger partial charge in [-0.2, -0.15) is 5.26 Å². The van der Waals surface area contributed by atoms with E-state index in [1.54, 1.807) is 0 Å². The highest BCUT2D eigenvalue weighted by molar-refractivity contribution is 6.30. The first-order valence-electron chi connectivity index (χ1n) is 9.42. The molecule has 0 aliphatic carbocycles. The molecule has 3 aromatic rings. The zero-order valence-electron chi connectivity index (χ0n) is 16.5. The van der Waals surface area contributed by atoms with Gasteiger partial charge in [-0.15, -0.1) is 0 Å². The summed E-state index contributed by atoms with van der Waals surface area (Å²) in [5.41, 5.74) is 4.50. The van der Waals surface area contributed by atoms with Crippen molar-refractivity contribution >= 4 is 23.3 Å². The number of hydrogen-bond acceptors (Lipinski definition) is 3. The molecule has 0 radical (unpaired) electrons. The normalized spacial score (nSPS) is 11.0. The summed E-state index contributed by atoms with van der Waals surface area (Å²) in [6.07, 6.45) is 1.86. The van der Waals surface area contributed by atoms with Gasteiger partial charge in [0.25, 0.3) is 0 Å². The SMILES string of the molecule is CCOc1cc(/C=C(\C#N)c2ccc(C)cc2)ccc1OCc1cccc(Cl)c1. The van der Waals surface area contributed by atoms with Crippen molar-refractivity contribution in [3.8, 4) is 17.6 Å². The summed E-state index contributed by atoms with van der Waals surface area (Å²) in [4.78, 5) is 0. The van der Waals surface area contributed by atoms with Crippen LogP contribution >= 0.6 is 11.6 Å². The van der Waals surface area contributed by atoms with E-state index in [0.717, 1.165) is 22.3 Å². The molecule has 3 aromatic carbocycles. The maximum atomic E-state index is 9.59. The van der Waals surface area contributed by atoms with Crippen LogP contribution in [0.4, 0.5) is 0 Å². The summed E-state index contributed by atoms with van der Waals surface area (Å²) in [5, 5.41) is 10.3. The lowest BCUT2D eigenvalue weighted by Crippen LogP contribution is -2.00. The molecular formula is C25H22ClNO2. The van der Waals surface area contributed by atoms with Gasteiger partial charge in [-0.05, 0) is 60.9 Å². The predicted molar refractivity (Wildman–Crippen MR) is 118 cm³/mol. The molecule has 0 unspecified atom stereocenters. The highest BCUT2D eigenvalue weighted by Gasteiger charge is 2.08. The standard InChI is InChI=1S/C25H22ClNO2/c1-3-28-25-15-19(13-22(16-27)21-10-7-18(2)8-11-21)9-12-24(25)29-17-20-5-4-6-23(26)14-20/h4-15H,3,17H2,1-2H3/b22-13+. The van der Waals surface area contributed by atoms with Gasteiger partial charge in [-0.25, -0.2) is 0 Å². The zero-order valence-corrected chi connectivity index (χ0v) is 17.2. The Labute approximate surface area is 176 Å². The number of benzene rings is 3. The molecular weight excluding hydrogens is 382 g/mol. The molecule has 3 nitrogen and oxygen atoms in total. The van der Waals surface area contributed by atoms with Crippen molar-refractivity contribution in [3.63, 3.8) is 0 Å². The lowest BCUT2D eigenvalue weighted by Gasteiger charge is -2.13. The quantitative estimate of drug-likeness (QED) is 0.326. The Kier molecular flexibility index (Phi) is 6.94. The van der Waals surface area contributed by atoms with Gasteiger partial charge in [-0.1, -0.05) is 59.6 Å². The van der Waals surface area contributed by atoms with E-state index in [1.807, 2.05) is 86.7 Å². The minimum atomic E-state index is 0.392. The summed E-state index contributed by atoms with van der Waals surface area (Å²) < 4.78 is 11.7. The van der Waals surface area contributed by atoms with Crippen LogP contribution in [-0.4, -0.2) is 6.61 Å². The van der Waals surface area contributed by atoms with Gasteiger partial charge in [0.05, 0.1) is 18.2 Å². The molecule has 0 saturated heterocycles. The number of nitrogens with zero attached hydrogens (tertiary/aromatic N) is 1. The molecule has 0 saturated carbocycles. The first-order chi connectivity index (χ1) is 14.1. The van der Waals surface area contributed by atoms with E-state index in [1.165, 1.54) is 0 Å². The van der Waals surface area contributed by atoms with E-state index in [2.05, 4.69) is 6.07 Å². The van der Waals surface area contributed by atoms with E-state index in [0.29, 0.717) is 35.3 Å². The van der Waals surface area contributed by atoms with E-state index in [4.69, 9.17) is 21.1 Å². The van der Waals surface area contributed by atoms with Crippen LogP contribution in [0.1, 0.15) is 29.2 Å². The lowest BCUT2D eigenvalue weighted by atomic mass is 10.0. The number of rotatable bonds is 7. The van der Waals surface area contributed by atoms with E-state index < -0.39 is 0 Å². The first-order valence-corrected chi connectivity index (χ1v) is 9.79. The second kappa shape index (κ2) is 9.82. The Morgan fingerprint density at radius 2 is 1.79 bits per heavy atom. The average molecular weight is 404 g/mol. The molecule has 0 amide bonds. The highest BCUT2D eigenvalue weighted by Crippen LogP contribution is 2.31. The van der Waals surface area contributed by atoms with Crippen LogP contribution in [0, 0.1) is 18.3 Å². The fraction of sp³-hybridized carbons (Fsp3) is 0.160. The molecule has 0 aliphatic rings. The number of halogens is 1. The van der Waals surface area contributed by atoms with Crippen LogP contribution in [0.2, 0.25) is 5.02 Å². The molecule has 0 bridgehead atoms. The second-order valence-corrected chi connectivity index (χ2v) is 7.03. The maximum absolute atomic E-state index is 9.59. The Morgan fingerprint density at radius 1 is 1.00 bits per heavy atom. The van der Waals surface area contributed by atoms with Crippen molar-refractivity contribution in [1.29, 1.82) is 5.26 Å². The van der Waals surface area contributed by atoms with Crippen molar-refractivity contribution in [3.05, 3.63) is 94.0 Å². The Balaban J connectivity index is 1.84. The van der Waals surface area contributed by atoms with Crippen molar-refractivity contribution in [1.82, 2.24) is 0 Å². The summed E-state index contributed by atoms with van der Waals surface area (Å²) in [6.45, 7) is 4.86. The first kappa shape index (κ1) is 20.5. The molecule has 146 valence electrons. The molecule has 0 aromatic heterocycles. The molecule has 0 spiro atoms. The molecule has 0 aliphatic heterocycles. The van der Waals surface area contributed by atoms with Gasteiger partial charge < -0.3 is 9.47 Å². The van der Waals surface area contributed by atoms with Crippen molar-refractivity contribution in [2.45, 2.75) is 20.5 Å². The summed E-state index contributed by atoms with van der Waals surface area (Å²) in [7, 11) is 0. The third-order valence-corrected chi connectivity index (χ3v) is 4.58. The van der Waals surface area contributed by atoms with Crippen LogP contribution in [-0.2, 0) is 6.61 Å². The summed E-state index contributed by atoms with van der Waals surface area (Å²) in [6, 6.07) is 23.4. The monoisotopic (exact) mass is 403 g/mol. The van der Waals surface area contributed by atoms with E-state index in [-0.39, 0.29) is 0 Å². The molecule has 0 N–H and O–H groups in total. The van der Waals surface area contributed by atoms with Crippen LogP contribution in [0.25, 0.3) is 11.6 Å². The van der Waals surface area contributed by atoms with Crippen molar-refractivity contribution < 1.29 is 9.47 Å². The number of ether oxygens (including phenoxy) is 2. The fourth-order valence-electron chi connectivity index (χ4n) is 2.87. The Morgan fingerprint density at radius 3 is 2.48 bits per heavy atom. The number of nitriles is 1. The number of hydrogen-bond donors (Lipinski definition) is 0. The fourth-order valence-corrected chi connectivity index (χ4v) is 3.08. The minimum Gasteiger partial charge on any atom is -0.490 e. The van der Waals surface area contributed by atoms with Crippen LogP contribution in [0.3, 0.4) is 0 Å².